The minimum atomic E-state index is -4.97. The van der Waals surface area contributed by atoms with Gasteiger partial charge >= 0.3 is 7.60 Å². The smallest absolute Gasteiger partial charge is 0.346 e. The average Bonchev–Trinajstić information content (AvgIpc) is 2.48. The van der Waals surface area contributed by atoms with E-state index >= 15 is 0 Å². The van der Waals surface area contributed by atoms with Gasteiger partial charge in [-0.2, -0.15) is 8.42 Å². The zero-order valence-corrected chi connectivity index (χ0v) is 17.0. The fraction of sp³-hybridized carbons (Fsp3) is 0.250. The summed E-state index contributed by atoms with van der Waals surface area (Å²) in [5, 5.41) is 0.838. The summed E-state index contributed by atoms with van der Waals surface area (Å²) in [6.07, 6.45) is 0.0969. The van der Waals surface area contributed by atoms with Crippen molar-refractivity contribution in [3.63, 3.8) is 0 Å². The summed E-state index contributed by atoms with van der Waals surface area (Å²) in [5.74, 6) is 0.935. The standard InChI is InChI=1S/C16H17Cl2O7PS/c17-12-8-13(18)10-15(9-12)25-14-5-1-3-11(7-14)4-2-6-16(26(19,20)21)27(22,23)24/h1,3,5,7-10,16H,2,4,6H2,(H2,19,20,21)(H,22,23,24). The van der Waals surface area contributed by atoms with Crippen molar-refractivity contribution >= 4 is 40.9 Å². The van der Waals surface area contributed by atoms with Crippen molar-refractivity contribution in [3.05, 3.63) is 58.1 Å². The number of hydrogen-bond acceptors (Lipinski definition) is 4. The van der Waals surface area contributed by atoms with Crippen LogP contribution in [0, 0.1) is 0 Å². The lowest BCUT2D eigenvalue weighted by Crippen LogP contribution is -2.20. The van der Waals surface area contributed by atoms with E-state index in [2.05, 4.69) is 0 Å². The van der Waals surface area contributed by atoms with Crippen molar-refractivity contribution < 1.29 is 32.1 Å². The first-order valence-corrected chi connectivity index (χ1v) is 11.6. The Kier molecular flexibility index (Phi) is 7.33. The largest absolute Gasteiger partial charge is 0.457 e. The second-order valence-corrected chi connectivity index (χ2v) is 10.4. The van der Waals surface area contributed by atoms with E-state index in [1.165, 1.54) is 0 Å². The van der Waals surface area contributed by atoms with Crippen LogP contribution in [0.25, 0.3) is 0 Å². The van der Waals surface area contributed by atoms with Crippen LogP contribution in [0.5, 0.6) is 11.5 Å². The van der Waals surface area contributed by atoms with E-state index in [-0.39, 0.29) is 12.8 Å². The Morgan fingerprint density at radius 1 is 1.04 bits per heavy atom. The van der Waals surface area contributed by atoms with E-state index in [1.807, 2.05) is 0 Å². The number of hydrogen-bond donors (Lipinski definition) is 3. The highest BCUT2D eigenvalue weighted by atomic mass is 35.5. The first-order chi connectivity index (χ1) is 12.4. The Bertz CT molecular complexity index is 939. The highest BCUT2D eigenvalue weighted by molar-refractivity contribution is 7.93. The average molecular weight is 455 g/mol. The molecule has 148 valence electrons. The fourth-order valence-electron chi connectivity index (χ4n) is 2.46. The molecule has 3 N–H and O–H groups in total. The number of halogens is 2. The third-order valence-corrected chi connectivity index (χ3v) is 7.60. The molecule has 0 aliphatic carbocycles. The SMILES string of the molecule is O=P(O)(O)C(CCCc1cccc(Oc2cc(Cl)cc(Cl)c2)c1)S(=O)(=O)O. The summed E-state index contributed by atoms with van der Waals surface area (Å²) in [5.41, 5.74) is 0.764. The van der Waals surface area contributed by atoms with Gasteiger partial charge in [-0.15, -0.1) is 0 Å². The summed E-state index contributed by atoms with van der Waals surface area (Å²) in [6.45, 7) is 0. The molecule has 11 heteroatoms. The second kappa shape index (κ2) is 8.92. The highest BCUT2D eigenvalue weighted by Crippen LogP contribution is 2.46. The van der Waals surface area contributed by atoms with E-state index in [1.54, 1.807) is 42.5 Å². The minimum absolute atomic E-state index is 0.141. The van der Waals surface area contributed by atoms with Gasteiger partial charge in [0.05, 0.1) is 0 Å². The first kappa shape index (κ1) is 22.2. The molecule has 2 rings (SSSR count). The third-order valence-electron chi connectivity index (χ3n) is 3.61. The minimum Gasteiger partial charge on any atom is -0.457 e. The zero-order chi connectivity index (χ0) is 20.2. The highest BCUT2D eigenvalue weighted by Gasteiger charge is 2.38. The number of ether oxygens (including phenoxy) is 1. The molecule has 0 saturated carbocycles. The molecule has 0 aliphatic rings. The molecule has 0 radical (unpaired) electrons. The van der Waals surface area contributed by atoms with E-state index in [0.717, 1.165) is 5.56 Å². The van der Waals surface area contributed by atoms with E-state index < -0.39 is 22.7 Å². The molecule has 0 heterocycles. The maximum absolute atomic E-state index is 11.2. The molecule has 0 spiro atoms. The number of rotatable bonds is 8. The van der Waals surface area contributed by atoms with Gasteiger partial charge < -0.3 is 14.5 Å². The summed E-state index contributed by atoms with van der Waals surface area (Å²) >= 11 is 11.8. The molecule has 0 aliphatic heterocycles. The van der Waals surface area contributed by atoms with Crippen molar-refractivity contribution in [2.75, 3.05) is 0 Å². The molecule has 1 unspecified atom stereocenters. The second-order valence-electron chi connectivity index (χ2n) is 5.81. The Labute approximate surface area is 166 Å². The lowest BCUT2D eigenvalue weighted by Gasteiger charge is -2.15. The van der Waals surface area contributed by atoms with Crippen molar-refractivity contribution in [2.24, 2.45) is 0 Å². The summed E-state index contributed by atoms with van der Waals surface area (Å²) in [4.78, 5) is 16.1. The van der Waals surface area contributed by atoms with E-state index in [9.17, 15) is 13.0 Å². The maximum Gasteiger partial charge on any atom is 0.346 e. The first-order valence-electron chi connectivity index (χ1n) is 7.69. The van der Waals surface area contributed by atoms with Crippen LogP contribution in [-0.2, 0) is 21.1 Å². The molecule has 0 aromatic heterocycles. The van der Waals surface area contributed by atoms with Crippen molar-refractivity contribution in [1.82, 2.24) is 0 Å². The van der Waals surface area contributed by atoms with Crippen molar-refractivity contribution in [3.8, 4) is 11.5 Å². The molecule has 1 atom stereocenters. The van der Waals surface area contributed by atoms with Crippen LogP contribution < -0.4 is 4.74 Å². The van der Waals surface area contributed by atoms with Crippen molar-refractivity contribution in [2.45, 2.75) is 24.3 Å². The Hall–Kier alpha value is -1.12. The maximum atomic E-state index is 11.2. The quantitative estimate of drug-likeness (QED) is 0.396. The van der Waals surface area contributed by atoms with Crippen LogP contribution in [0.3, 0.4) is 0 Å². The molecule has 7 nitrogen and oxygen atoms in total. The molecule has 0 saturated heterocycles. The van der Waals surface area contributed by atoms with Gasteiger partial charge in [-0.05, 0) is 55.2 Å². The topological polar surface area (TPSA) is 121 Å². The molecule has 2 aromatic carbocycles. The molecule has 0 amide bonds. The van der Waals surface area contributed by atoms with Gasteiger partial charge in [0.25, 0.3) is 10.1 Å². The van der Waals surface area contributed by atoms with Gasteiger partial charge in [-0.25, -0.2) is 0 Å². The summed E-state index contributed by atoms with van der Waals surface area (Å²) in [7, 11) is -9.82. The Morgan fingerprint density at radius 2 is 1.67 bits per heavy atom. The van der Waals surface area contributed by atoms with Crippen LogP contribution in [0.1, 0.15) is 18.4 Å². The number of aryl methyl sites for hydroxylation is 1. The van der Waals surface area contributed by atoms with Gasteiger partial charge in [-0.3, -0.25) is 9.12 Å². The molecule has 0 fully saturated rings. The fourth-order valence-corrected chi connectivity index (χ4v) is 5.34. The molecule has 2 aromatic rings. The van der Waals surface area contributed by atoms with Crippen molar-refractivity contribution in [1.29, 1.82) is 0 Å². The normalized spacial score (nSPS) is 13.4. The molecular weight excluding hydrogens is 438 g/mol. The van der Waals surface area contributed by atoms with Crippen LogP contribution in [0.2, 0.25) is 10.0 Å². The lowest BCUT2D eigenvalue weighted by molar-refractivity contribution is 0.360. The van der Waals surface area contributed by atoms with Gasteiger partial charge in [0, 0.05) is 10.0 Å². The van der Waals surface area contributed by atoms with E-state index in [0.29, 0.717) is 28.0 Å². The summed E-state index contributed by atoms with van der Waals surface area (Å²) < 4.78 is 48.2. The van der Waals surface area contributed by atoms with Crippen LogP contribution in [0.4, 0.5) is 0 Å². The third kappa shape index (κ3) is 7.08. The Morgan fingerprint density at radius 3 is 2.22 bits per heavy atom. The molecule has 0 bridgehead atoms. The predicted octanol–water partition coefficient (Wildman–Crippen LogP) is 4.50. The predicted molar refractivity (Wildman–Crippen MR) is 103 cm³/mol. The van der Waals surface area contributed by atoms with Gasteiger partial charge in [-0.1, -0.05) is 35.3 Å². The molecule has 27 heavy (non-hydrogen) atoms. The van der Waals surface area contributed by atoms with Gasteiger partial charge in [0.2, 0.25) is 0 Å². The monoisotopic (exact) mass is 454 g/mol. The van der Waals surface area contributed by atoms with Crippen LogP contribution in [0.15, 0.2) is 42.5 Å². The zero-order valence-electron chi connectivity index (χ0n) is 13.8. The molecular formula is C16H17Cl2O7PS. The lowest BCUT2D eigenvalue weighted by atomic mass is 10.1. The Balaban J connectivity index is 2.04. The van der Waals surface area contributed by atoms with E-state index in [4.69, 9.17) is 42.3 Å². The number of benzene rings is 2. The summed E-state index contributed by atoms with van der Waals surface area (Å²) in [6, 6.07) is 11.6. The van der Waals surface area contributed by atoms with Crippen LogP contribution in [-0.4, -0.2) is 27.7 Å². The van der Waals surface area contributed by atoms with Gasteiger partial charge in [0.15, 0.2) is 4.99 Å². The van der Waals surface area contributed by atoms with Gasteiger partial charge in [0.1, 0.15) is 11.5 Å². The van der Waals surface area contributed by atoms with Crippen LogP contribution >= 0.6 is 30.8 Å².